The summed E-state index contributed by atoms with van der Waals surface area (Å²) >= 11 is 13.7. The number of carbonyl (C=O) groups is 2. The van der Waals surface area contributed by atoms with Crippen LogP contribution in [-0.4, -0.2) is 84.5 Å². The number of nitrogens with one attached hydrogen (secondary N) is 1. The van der Waals surface area contributed by atoms with E-state index < -0.39 is 69.3 Å². The highest BCUT2D eigenvalue weighted by Crippen LogP contribution is 2.42. The molecule has 0 bridgehead atoms. The van der Waals surface area contributed by atoms with Gasteiger partial charge in [0.1, 0.15) is 29.1 Å². The van der Waals surface area contributed by atoms with E-state index in [1.165, 1.54) is 25.1 Å². The number of hydrogen-bond donors (Lipinski definition) is 6. The van der Waals surface area contributed by atoms with E-state index in [2.05, 4.69) is 26.7 Å². The number of aromatic nitrogens is 2. The number of amides is 1. The van der Waals surface area contributed by atoms with Gasteiger partial charge in [-0.05, 0) is 78.9 Å². The molecule has 0 aliphatic heterocycles. The first-order chi connectivity index (χ1) is 29.1. The molecule has 340 valence electrons. The molecule has 3 aromatic carbocycles. The van der Waals surface area contributed by atoms with Crippen molar-refractivity contribution in [3.63, 3.8) is 0 Å². The average molecular weight is 974 g/mol. The van der Waals surface area contributed by atoms with Gasteiger partial charge in [0, 0.05) is 37.5 Å². The number of hydrogen-bond acceptors (Lipinski definition) is 15. The van der Waals surface area contributed by atoms with Crippen LogP contribution in [-0.2, 0) is 50.2 Å². The molecule has 1 unspecified atom stereocenters. The fourth-order valence-corrected chi connectivity index (χ4v) is 8.62. The molecule has 1 amide bonds. The molecule has 21 nitrogen and oxygen atoms in total. The van der Waals surface area contributed by atoms with Gasteiger partial charge in [0.05, 0.1) is 37.0 Å². The summed E-state index contributed by atoms with van der Waals surface area (Å²) in [6.07, 6.45) is -1.01. The second-order valence-electron chi connectivity index (χ2n) is 14.9. The number of halogens is 2. The van der Waals surface area contributed by atoms with Crippen LogP contribution < -0.4 is 16.1 Å². The van der Waals surface area contributed by atoms with Crippen molar-refractivity contribution in [2.75, 3.05) is 29.1 Å². The summed E-state index contributed by atoms with van der Waals surface area (Å²) in [5, 5.41) is 35.4. The zero-order chi connectivity index (χ0) is 47.2. The summed E-state index contributed by atoms with van der Waals surface area (Å²) in [6.45, 7) is 7.07. The molecule has 4 rings (SSSR count). The Hall–Kier alpha value is -5.07. The number of benzene rings is 3. The monoisotopic (exact) mass is 972 g/mol. The predicted octanol–water partition coefficient (Wildman–Crippen LogP) is 6.53. The largest absolute Gasteiger partial charge is 0.481 e. The lowest BCUT2D eigenvalue weighted by atomic mass is 9.90. The summed E-state index contributed by atoms with van der Waals surface area (Å²) < 4.78 is 100. The molecule has 0 fully saturated rings. The Morgan fingerprint density at radius 2 is 1.49 bits per heavy atom. The van der Waals surface area contributed by atoms with Crippen molar-refractivity contribution >= 4 is 88.3 Å². The van der Waals surface area contributed by atoms with Gasteiger partial charge in [-0.25, -0.2) is 10.6 Å². The first-order valence-corrected chi connectivity index (χ1v) is 23.6. The number of nitrogens with two attached hydrogens (primary N) is 1. The lowest BCUT2D eigenvalue weighted by Crippen LogP contribution is -2.26. The molecule has 4 aromatic rings. The summed E-state index contributed by atoms with van der Waals surface area (Å²) in [4.78, 5) is 28.7. The minimum absolute atomic E-state index is 0.0207. The fraction of sp³-hybridized carbons (Fsp3) is 0.351. The Morgan fingerprint density at radius 3 is 1.98 bits per heavy atom. The van der Waals surface area contributed by atoms with E-state index in [9.17, 15) is 54.3 Å². The van der Waals surface area contributed by atoms with Gasteiger partial charge in [-0.2, -0.15) is 35.6 Å². The van der Waals surface area contributed by atoms with Crippen molar-refractivity contribution < 1.29 is 58.4 Å². The van der Waals surface area contributed by atoms with Gasteiger partial charge in [-0.1, -0.05) is 44.0 Å². The van der Waals surface area contributed by atoms with Crippen molar-refractivity contribution in [3.05, 3.63) is 81.0 Å². The lowest BCUT2D eigenvalue weighted by Gasteiger charge is -2.25. The van der Waals surface area contributed by atoms with Crippen LogP contribution in [0.3, 0.4) is 0 Å². The molecule has 1 heterocycles. The van der Waals surface area contributed by atoms with Crippen LogP contribution >= 0.6 is 23.2 Å². The van der Waals surface area contributed by atoms with E-state index in [1.807, 2.05) is 0 Å². The number of nitriles is 1. The first kappa shape index (κ1) is 50.6. The lowest BCUT2D eigenvalue weighted by molar-refractivity contribution is -0.137. The van der Waals surface area contributed by atoms with Gasteiger partial charge in [0.15, 0.2) is 5.82 Å². The summed E-state index contributed by atoms with van der Waals surface area (Å²) in [7, 11) is -14.2. The quantitative estimate of drug-likeness (QED) is 0.0251. The molecule has 0 spiro atoms. The van der Waals surface area contributed by atoms with Gasteiger partial charge in [0.2, 0.25) is 5.91 Å². The number of unbranched alkanes of at least 4 members (excludes halogenated alkanes) is 1. The van der Waals surface area contributed by atoms with E-state index in [-0.39, 0.29) is 87.7 Å². The molecule has 0 saturated heterocycles. The SMILES string of the molecule is CC(=O)Nc1cc(N(CCCCS(=O)(=O)O)CCCC(=O)O)ccc1N=Nc1c(C#N)c(C(C)(C)C)nn1-c1c(Cl)cc(C(ON)c2cc(S(=O)(=O)O)cc(S(=O)(=O)O)c2)cc1Cl. The molecule has 7 N–H and O–H groups in total. The number of carboxylic acid groups (broad SMARTS) is 1. The maximum atomic E-state index is 12.4. The predicted molar refractivity (Wildman–Crippen MR) is 230 cm³/mol. The van der Waals surface area contributed by atoms with Gasteiger partial charge in [0.25, 0.3) is 30.4 Å². The Kier molecular flexibility index (Phi) is 16.2. The highest BCUT2D eigenvalue weighted by atomic mass is 35.5. The molecular formula is C37H42Cl2N8O13S3. The van der Waals surface area contributed by atoms with Crippen LogP contribution in [0.1, 0.15) is 81.9 Å². The molecule has 1 atom stereocenters. The molecule has 0 radical (unpaired) electrons. The topological polar surface area (TPSA) is 334 Å². The van der Waals surface area contributed by atoms with Gasteiger partial charge in [-0.15, -0.1) is 10.2 Å². The number of carboxylic acids is 1. The van der Waals surface area contributed by atoms with Crippen molar-refractivity contribution in [2.24, 2.45) is 16.1 Å². The van der Waals surface area contributed by atoms with Crippen molar-refractivity contribution in [1.82, 2.24) is 9.78 Å². The number of aliphatic carboxylic acids is 1. The van der Waals surface area contributed by atoms with E-state index >= 15 is 0 Å². The molecule has 26 heteroatoms. The normalized spacial score (nSPS) is 12.9. The maximum Gasteiger partial charge on any atom is 0.303 e. The van der Waals surface area contributed by atoms with Crippen LogP contribution in [0.15, 0.2) is 68.6 Å². The molecule has 1 aromatic heterocycles. The highest BCUT2D eigenvalue weighted by Gasteiger charge is 2.31. The summed E-state index contributed by atoms with van der Waals surface area (Å²) in [6, 6.07) is 11.5. The molecule has 0 aliphatic carbocycles. The van der Waals surface area contributed by atoms with E-state index in [4.69, 9.17) is 38.5 Å². The minimum Gasteiger partial charge on any atom is -0.481 e. The third-order valence-electron chi connectivity index (χ3n) is 8.98. The number of carbonyl (C=O) groups excluding carboxylic acids is 1. The second kappa shape index (κ2) is 20.2. The zero-order valence-electron chi connectivity index (χ0n) is 33.9. The van der Waals surface area contributed by atoms with Gasteiger partial charge in [-0.3, -0.25) is 28.1 Å². The van der Waals surface area contributed by atoms with Crippen LogP contribution in [0.5, 0.6) is 0 Å². The van der Waals surface area contributed by atoms with Crippen molar-refractivity contribution in [3.8, 4) is 11.8 Å². The van der Waals surface area contributed by atoms with Crippen LogP contribution in [0, 0.1) is 11.3 Å². The Balaban J connectivity index is 1.87. The highest BCUT2D eigenvalue weighted by molar-refractivity contribution is 7.86. The molecule has 0 aliphatic rings. The molecule has 63 heavy (non-hydrogen) atoms. The number of nitrogens with zero attached hydrogens (tertiary/aromatic N) is 6. The smallest absolute Gasteiger partial charge is 0.303 e. The standard InChI is InChI=1S/C37H42Cl2N8O13S3/c1-21(48)42-31-18-24(46(12-7-8-32(49)50)11-5-6-13-61(51,52)53)9-10-30(31)43-44-36-27(20-40)35(37(2,3)4)45-47(36)33-28(38)16-23(17-29(33)39)34(60-41)22-14-25(62(54,55)56)19-26(15-22)63(57,58)59/h9-10,14-19,34H,5-8,11-13,41H2,1-4H3,(H,42,48)(H,49,50)(H,51,52,53)(H,54,55,56)(H,57,58,59). The van der Waals surface area contributed by atoms with Crippen LogP contribution in [0.2, 0.25) is 10.0 Å². The maximum absolute atomic E-state index is 12.4. The molecule has 0 saturated carbocycles. The number of azo groups is 1. The Morgan fingerprint density at radius 1 is 0.921 bits per heavy atom. The second-order valence-corrected chi connectivity index (χ2v) is 20.1. The third-order valence-corrected chi connectivity index (χ3v) is 12.0. The van der Waals surface area contributed by atoms with Crippen LogP contribution in [0.4, 0.5) is 22.9 Å². The fourth-order valence-electron chi connectivity index (χ4n) is 6.19. The van der Waals surface area contributed by atoms with Gasteiger partial charge < -0.3 is 15.3 Å². The average Bonchev–Trinajstić information content (AvgIpc) is 3.52. The van der Waals surface area contributed by atoms with Crippen molar-refractivity contribution in [1.29, 1.82) is 5.26 Å². The minimum atomic E-state index is -5.01. The number of rotatable bonds is 19. The number of anilines is 2. The van der Waals surface area contributed by atoms with E-state index in [0.717, 1.165) is 16.8 Å². The summed E-state index contributed by atoms with van der Waals surface area (Å²) in [5.74, 6) is 3.43. The van der Waals surface area contributed by atoms with E-state index in [1.54, 1.807) is 37.8 Å². The van der Waals surface area contributed by atoms with Crippen molar-refractivity contribution in [2.45, 2.75) is 74.7 Å². The third kappa shape index (κ3) is 13.5. The van der Waals surface area contributed by atoms with Gasteiger partial charge >= 0.3 is 5.97 Å². The summed E-state index contributed by atoms with van der Waals surface area (Å²) in [5.41, 5.74) is -0.142. The molecular weight excluding hydrogens is 932 g/mol. The Labute approximate surface area is 372 Å². The Bertz CT molecular complexity index is 2750. The van der Waals surface area contributed by atoms with E-state index in [0.29, 0.717) is 18.2 Å². The zero-order valence-corrected chi connectivity index (χ0v) is 37.8. The first-order valence-electron chi connectivity index (χ1n) is 18.4. The van der Waals surface area contributed by atoms with Crippen LogP contribution in [0.25, 0.3) is 5.69 Å².